The number of carbonyl (C=O) groups excluding carboxylic acids is 2. The van der Waals surface area contributed by atoms with Crippen molar-refractivity contribution in [3.8, 4) is 0 Å². The first kappa shape index (κ1) is 13.6. The number of hydrogen-bond acceptors (Lipinski definition) is 2. The Hall–Kier alpha value is -1.36. The summed E-state index contributed by atoms with van der Waals surface area (Å²) in [5, 5.41) is 2.79. The van der Waals surface area contributed by atoms with E-state index in [0.717, 1.165) is 22.9 Å². The third kappa shape index (κ3) is 2.46. The van der Waals surface area contributed by atoms with E-state index in [0.29, 0.717) is 12.5 Å². The van der Waals surface area contributed by atoms with E-state index in [9.17, 15) is 9.59 Å². The van der Waals surface area contributed by atoms with Gasteiger partial charge in [0.05, 0.1) is 0 Å². The van der Waals surface area contributed by atoms with Crippen LogP contribution in [0.15, 0.2) is 28.7 Å². The highest BCUT2D eigenvalue weighted by Gasteiger charge is 2.46. The molecule has 1 N–H and O–H groups in total. The van der Waals surface area contributed by atoms with Gasteiger partial charge in [-0.2, -0.15) is 0 Å². The Balaban J connectivity index is 1.88. The number of nitrogens with zero attached hydrogens (tertiary/aromatic N) is 1. The first-order chi connectivity index (χ1) is 9.58. The van der Waals surface area contributed by atoms with Gasteiger partial charge < -0.3 is 10.2 Å². The monoisotopic (exact) mass is 336 g/mol. The van der Waals surface area contributed by atoms with E-state index >= 15 is 0 Å². The normalized spacial score (nSPS) is 26.6. The molecule has 2 aliphatic rings. The molecular weight excluding hydrogens is 320 g/mol. The van der Waals surface area contributed by atoms with Crippen molar-refractivity contribution in [1.29, 1.82) is 0 Å². The number of hydrogen-bond donors (Lipinski definition) is 1. The van der Waals surface area contributed by atoms with Crippen LogP contribution in [0.5, 0.6) is 0 Å². The highest BCUT2D eigenvalue weighted by molar-refractivity contribution is 9.10. The summed E-state index contributed by atoms with van der Waals surface area (Å²) in [4.78, 5) is 26.4. The molecule has 2 unspecified atom stereocenters. The minimum atomic E-state index is -0.431. The van der Waals surface area contributed by atoms with Gasteiger partial charge in [0, 0.05) is 11.0 Å². The molecule has 0 spiro atoms. The van der Waals surface area contributed by atoms with E-state index in [-0.39, 0.29) is 17.9 Å². The summed E-state index contributed by atoms with van der Waals surface area (Å²) < 4.78 is 0.973. The van der Waals surface area contributed by atoms with Crippen molar-refractivity contribution in [2.24, 2.45) is 5.92 Å². The molecule has 3 rings (SSSR count). The third-order valence-corrected chi connectivity index (χ3v) is 4.76. The van der Waals surface area contributed by atoms with E-state index < -0.39 is 6.04 Å². The molecular formula is C15H17BrN2O2. The molecule has 1 aromatic rings. The first-order valence-corrected chi connectivity index (χ1v) is 7.71. The molecule has 5 heteroatoms. The number of nitrogens with one attached hydrogen (secondary N) is 1. The summed E-state index contributed by atoms with van der Waals surface area (Å²) in [5.74, 6) is 0.331. The summed E-state index contributed by atoms with van der Waals surface area (Å²) in [6.07, 6.45) is 2.07. The summed E-state index contributed by atoms with van der Waals surface area (Å²) in [5.41, 5.74) is 1.04. The standard InChI is InChI=1S/C15H17BrN2O2/c1-9-15(20)18(8-11-4-2-3-5-12(11)16)13(10-6-7-10)14(19)17-9/h2-5,9-10,13H,6-8H2,1H3,(H,17,19). The van der Waals surface area contributed by atoms with E-state index in [2.05, 4.69) is 21.2 Å². The lowest BCUT2D eigenvalue weighted by atomic mass is 10.0. The minimum absolute atomic E-state index is 0.00773. The van der Waals surface area contributed by atoms with Crippen molar-refractivity contribution in [2.45, 2.75) is 38.4 Å². The Labute approximate surface area is 126 Å². The van der Waals surface area contributed by atoms with E-state index in [1.165, 1.54) is 0 Å². The van der Waals surface area contributed by atoms with Crippen molar-refractivity contribution >= 4 is 27.7 Å². The van der Waals surface area contributed by atoms with Gasteiger partial charge in [-0.3, -0.25) is 9.59 Å². The molecule has 2 atom stereocenters. The summed E-state index contributed by atoms with van der Waals surface area (Å²) >= 11 is 3.51. The molecule has 0 aromatic heterocycles. The maximum atomic E-state index is 12.4. The topological polar surface area (TPSA) is 49.4 Å². The summed E-state index contributed by atoms with van der Waals surface area (Å²) in [6.45, 7) is 2.23. The number of halogens is 1. The molecule has 1 saturated carbocycles. The molecule has 0 radical (unpaired) electrons. The maximum absolute atomic E-state index is 12.4. The van der Waals surface area contributed by atoms with Crippen molar-refractivity contribution in [3.63, 3.8) is 0 Å². The van der Waals surface area contributed by atoms with Crippen molar-refractivity contribution < 1.29 is 9.59 Å². The Morgan fingerprint density at radius 3 is 2.65 bits per heavy atom. The van der Waals surface area contributed by atoms with Gasteiger partial charge in [-0.15, -0.1) is 0 Å². The maximum Gasteiger partial charge on any atom is 0.245 e. The highest BCUT2D eigenvalue weighted by Crippen LogP contribution is 2.37. The van der Waals surface area contributed by atoms with Gasteiger partial charge in [0.2, 0.25) is 11.8 Å². The van der Waals surface area contributed by atoms with Crippen molar-refractivity contribution in [3.05, 3.63) is 34.3 Å². The molecule has 2 amide bonds. The number of rotatable bonds is 3. The molecule has 1 aromatic carbocycles. The van der Waals surface area contributed by atoms with Gasteiger partial charge in [-0.1, -0.05) is 34.1 Å². The third-order valence-electron chi connectivity index (χ3n) is 3.98. The Morgan fingerprint density at radius 2 is 2.00 bits per heavy atom. The fraction of sp³-hybridized carbons (Fsp3) is 0.467. The molecule has 1 saturated heterocycles. The average molecular weight is 337 g/mol. The minimum Gasteiger partial charge on any atom is -0.343 e. The quantitative estimate of drug-likeness (QED) is 0.918. The van der Waals surface area contributed by atoms with Crippen LogP contribution < -0.4 is 5.32 Å². The highest BCUT2D eigenvalue weighted by atomic mass is 79.9. The number of benzene rings is 1. The van der Waals surface area contributed by atoms with Crippen LogP contribution in [0.1, 0.15) is 25.3 Å². The second-order valence-corrected chi connectivity index (χ2v) is 6.42. The van der Waals surface area contributed by atoms with E-state index in [4.69, 9.17) is 0 Å². The fourth-order valence-corrected chi connectivity index (χ4v) is 3.16. The van der Waals surface area contributed by atoms with E-state index in [1.54, 1.807) is 11.8 Å². The second-order valence-electron chi connectivity index (χ2n) is 5.57. The van der Waals surface area contributed by atoms with Crippen LogP contribution >= 0.6 is 15.9 Å². The molecule has 2 fully saturated rings. The second kappa shape index (κ2) is 5.20. The largest absolute Gasteiger partial charge is 0.343 e. The van der Waals surface area contributed by atoms with Crippen LogP contribution in [0.3, 0.4) is 0 Å². The van der Waals surface area contributed by atoms with Gasteiger partial charge in [0.15, 0.2) is 0 Å². The van der Waals surface area contributed by atoms with Gasteiger partial charge >= 0.3 is 0 Å². The zero-order valence-corrected chi connectivity index (χ0v) is 12.9. The number of piperazine rings is 1. The lowest BCUT2D eigenvalue weighted by molar-refractivity contribution is -0.150. The SMILES string of the molecule is CC1NC(=O)C(C2CC2)N(Cc2ccccc2Br)C1=O. The van der Waals surface area contributed by atoms with Gasteiger partial charge in [0.25, 0.3) is 0 Å². The van der Waals surface area contributed by atoms with Gasteiger partial charge in [-0.05, 0) is 37.3 Å². The first-order valence-electron chi connectivity index (χ1n) is 6.92. The molecule has 106 valence electrons. The Kier molecular flexibility index (Phi) is 3.54. The van der Waals surface area contributed by atoms with Crippen LogP contribution in [-0.4, -0.2) is 28.8 Å². The molecule has 1 heterocycles. The lowest BCUT2D eigenvalue weighted by Gasteiger charge is -2.38. The lowest BCUT2D eigenvalue weighted by Crippen LogP contribution is -2.62. The average Bonchev–Trinajstić information content (AvgIpc) is 3.22. The van der Waals surface area contributed by atoms with Crippen LogP contribution in [-0.2, 0) is 16.1 Å². The number of amides is 2. The number of carbonyl (C=O) groups is 2. The summed E-state index contributed by atoms with van der Waals surface area (Å²) in [6, 6.07) is 7.10. The predicted octanol–water partition coefficient (Wildman–Crippen LogP) is 2.07. The zero-order chi connectivity index (χ0) is 14.3. The molecule has 4 nitrogen and oxygen atoms in total. The fourth-order valence-electron chi connectivity index (χ4n) is 2.75. The van der Waals surface area contributed by atoms with Crippen molar-refractivity contribution in [2.75, 3.05) is 0 Å². The molecule has 0 bridgehead atoms. The van der Waals surface area contributed by atoms with Crippen LogP contribution in [0, 0.1) is 5.92 Å². The predicted molar refractivity (Wildman–Crippen MR) is 78.8 cm³/mol. The Bertz CT molecular complexity index is 557. The van der Waals surface area contributed by atoms with Gasteiger partial charge in [0.1, 0.15) is 12.1 Å². The van der Waals surface area contributed by atoms with Crippen LogP contribution in [0.2, 0.25) is 0 Å². The Morgan fingerprint density at radius 1 is 1.30 bits per heavy atom. The van der Waals surface area contributed by atoms with Crippen LogP contribution in [0.25, 0.3) is 0 Å². The van der Waals surface area contributed by atoms with E-state index in [1.807, 2.05) is 24.3 Å². The molecule has 20 heavy (non-hydrogen) atoms. The molecule has 1 aliphatic heterocycles. The molecule has 1 aliphatic carbocycles. The summed E-state index contributed by atoms with van der Waals surface area (Å²) in [7, 11) is 0. The zero-order valence-electron chi connectivity index (χ0n) is 11.3. The van der Waals surface area contributed by atoms with Gasteiger partial charge in [-0.25, -0.2) is 0 Å². The van der Waals surface area contributed by atoms with Crippen molar-refractivity contribution in [1.82, 2.24) is 10.2 Å². The smallest absolute Gasteiger partial charge is 0.245 e. The van der Waals surface area contributed by atoms with Crippen LogP contribution in [0.4, 0.5) is 0 Å².